The Balaban J connectivity index is 1.63. The molecule has 0 unspecified atom stereocenters. The van der Waals surface area contributed by atoms with Gasteiger partial charge in [0.1, 0.15) is 0 Å². The predicted octanol–water partition coefficient (Wildman–Crippen LogP) is 4.18. The molecule has 0 saturated heterocycles. The zero-order valence-corrected chi connectivity index (χ0v) is 11.9. The third-order valence-corrected chi connectivity index (χ3v) is 4.73. The lowest BCUT2D eigenvalue weighted by atomic mass is 9.85. The van der Waals surface area contributed by atoms with Crippen molar-refractivity contribution < 1.29 is 4.42 Å². The van der Waals surface area contributed by atoms with Crippen LogP contribution in [0.15, 0.2) is 22.8 Å². The molecule has 0 amide bonds. The SMILES string of the molecule is C[C@@H](Nc1nnc(-c2ccco2)s1)C1CCCCC1. The molecule has 4 nitrogen and oxygen atoms in total. The molecule has 0 radical (unpaired) electrons. The van der Waals surface area contributed by atoms with Crippen LogP contribution in [0.2, 0.25) is 0 Å². The van der Waals surface area contributed by atoms with Crippen molar-refractivity contribution in [3.05, 3.63) is 18.4 Å². The summed E-state index contributed by atoms with van der Waals surface area (Å²) in [6.45, 7) is 2.25. The first-order valence-electron chi connectivity index (χ1n) is 6.97. The number of nitrogens with one attached hydrogen (secondary N) is 1. The number of nitrogens with zero attached hydrogens (tertiary/aromatic N) is 2. The predicted molar refractivity (Wildman–Crippen MR) is 77.3 cm³/mol. The average molecular weight is 277 g/mol. The van der Waals surface area contributed by atoms with Crippen LogP contribution in [0.3, 0.4) is 0 Å². The summed E-state index contributed by atoms with van der Waals surface area (Å²) in [7, 11) is 0. The molecule has 2 aromatic rings. The van der Waals surface area contributed by atoms with E-state index in [-0.39, 0.29) is 0 Å². The van der Waals surface area contributed by atoms with Crippen molar-refractivity contribution in [1.82, 2.24) is 10.2 Å². The van der Waals surface area contributed by atoms with Crippen molar-refractivity contribution in [2.45, 2.75) is 45.1 Å². The Morgan fingerprint density at radius 1 is 1.32 bits per heavy atom. The molecule has 19 heavy (non-hydrogen) atoms. The van der Waals surface area contributed by atoms with E-state index in [1.165, 1.54) is 32.1 Å². The normalized spacial score (nSPS) is 18.4. The molecule has 102 valence electrons. The van der Waals surface area contributed by atoms with E-state index in [4.69, 9.17) is 4.42 Å². The number of rotatable bonds is 4. The quantitative estimate of drug-likeness (QED) is 0.911. The standard InChI is InChI=1S/C14H19N3OS/c1-10(11-6-3-2-4-7-11)15-14-17-16-13(19-14)12-8-5-9-18-12/h5,8-11H,2-4,6-7H2,1H3,(H,15,17)/t10-/m1/s1. The lowest BCUT2D eigenvalue weighted by Crippen LogP contribution is -2.27. The Morgan fingerprint density at radius 3 is 2.89 bits per heavy atom. The second-order valence-corrected chi connectivity index (χ2v) is 6.20. The van der Waals surface area contributed by atoms with Crippen molar-refractivity contribution in [2.24, 2.45) is 5.92 Å². The first-order chi connectivity index (χ1) is 9.33. The molecule has 5 heteroatoms. The maximum absolute atomic E-state index is 5.33. The van der Waals surface area contributed by atoms with Gasteiger partial charge in [-0.3, -0.25) is 0 Å². The van der Waals surface area contributed by atoms with Gasteiger partial charge in [-0.1, -0.05) is 30.6 Å². The fourth-order valence-corrected chi connectivity index (χ4v) is 3.54. The van der Waals surface area contributed by atoms with Gasteiger partial charge in [0.05, 0.1) is 6.26 Å². The maximum Gasteiger partial charge on any atom is 0.206 e. The first kappa shape index (κ1) is 12.7. The molecule has 1 fully saturated rings. The van der Waals surface area contributed by atoms with E-state index in [2.05, 4.69) is 22.4 Å². The minimum absolute atomic E-state index is 0.470. The summed E-state index contributed by atoms with van der Waals surface area (Å²) in [5, 5.41) is 13.6. The molecule has 3 rings (SSSR count). The van der Waals surface area contributed by atoms with E-state index in [1.807, 2.05) is 12.1 Å². The molecule has 0 aliphatic heterocycles. The highest BCUT2D eigenvalue weighted by Gasteiger charge is 2.21. The van der Waals surface area contributed by atoms with E-state index in [1.54, 1.807) is 17.6 Å². The summed E-state index contributed by atoms with van der Waals surface area (Å²) in [6, 6.07) is 4.25. The molecule has 0 bridgehead atoms. The Morgan fingerprint density at radius 2 is 2.16 bits per heavy atom. The third kappa shape index (κ3) is 2.97. The van der Waals surface area contributed by atoms with Gasteiger partial charge in [-0.25, -0.2) is 0 Å². The molecule has 1 aliphatic carbocycles. The smallest absolute Gasteiger partial charge is 0.206 e. The van der Waals surface area contributed by atoms with Gasteiger partial charge < -0.3 is 9.73 Å². The lowest BCUT2D eigenvalue weighted by molar-refractivity contribution is 0.328. The van der Waals surface area contributed by atoms with Crippen molar-refractivity contribution >= 4 is 16.5 Å². The molecule has 0 spiro atoms. The minimum atomic E-state index is 0.470. The van der Waals surface area contributed by atoms with Gasteiger partial charge in [0.15, 0.2) is 10.8 Å². The summed E-state index contributed by atoms with van der Waals surface area (Å²) in [4.78, 5) is 0. The molecule has 1 N–H and O–H groups in total. The lowest BCUT2D eigenvalue weighted by Gasteiger charge is -2.27. The summed E-state index contributed by atoms with van der Waals surface area (Å²) in [5.74, 6) is 1.56. The highest BCUT2D eigenvalue weighted by Crippen LogP contribution is 2.30. The average Bonchev–Trinajstić information content (AvgIpc) is 3.10. The van der Waals surface area contributed by atoms with Crippen molar-refractivity contribution in [3.63, 3.8) is 0 Å². The Bertz CT molecular complexity index is 503. The van der Waals surface area contributed by atoms with Gasteiger partial charge in [0, 0.05) is 6.04 Å². The van der Waals surface area contributed by atoms with E-state index < -0.39 is 0 Å². The highest BCUT2D eigenvalue weighted by molar-refractivity contribution is 7.18. The summed E-state index contributed by atoms with van der Waals surface area (Å²) < 4.78 is 5.33. The molecule has 1 aliphatic rings. The fourth-order valence-electron chi connectivity index (χ4n) is 2.73. The Hall–Kier alpha value is -1.36. The number of aromatic nitrogens is 2. The molecule has 2 aromatic heterocycles. The van der Waals surface area contributed by atoms with Crippen LogP contribution in [-0.2, 0) is 0 Å². The van der Waals surface area contributed by atoms with Crippen LogP contribution in [0.25, 0.3) is 10.8 Å². The maximum atomic E-state index is 5.33. The second kappa shape index (κ2) is 5.74. The van der Waals surface area contributed by atoms with Gasteiger partial charge in [-0.15, -0.1) is 10.2 Å². The molecule has 1 atom stereocenters. The number of anilines is 1. The van der Waals surface area contributed by atoms with Gasteiger partial charge in [-0.2, -0.15) is 0 Å². The monoisotopic (exact) mass is 277 g/mol. The topological polar surface area (TPSA) is 51.0 Å². The molecular weight excluding hydrogens is 258 g/mol. The van der Waals surface area contributed by atoms with Crippen LogP contribution in [0, 0.1) is 5.92 Å². The summed E-state index contributed by atoms with van der Waals surface area (Å²) >= 11 is 1.56. The number of hydrogen-bond acceptors (Lipinski definition) is 5. The van der Waals surface area contributed by atoms with Crippen molar-refractivity contribution in [2.75, 3.05) is 5.32 Å². The van der Waals surface area contributed by atoms with E-state index in [9.17, 15) is 0 Å². The van der Waals surface area contributed by atoms with Gasteiger partial charge in [-0.05, 0) is 37.8 Å². The van der Waals surface area contributed by atoms with E-state index in [0.717, 1.165) is 21.8 Å². The van der Waals surface area contributed by atoms with E-state index in [0.29, 0.717) is 6.04 Å². The third-order valence-electron chi connectivity index (χ3n) is 3.87. The van der Waals surface area contributed by atoms with Crippen molar-refractivity contribution in [3.8, 4) is 10.8 Å². The second-order valence-electron chi connectivity index (χ2n) is 5.22. The molecule has 0 aromatic carbocycles. The Kier molecular flexibility index (Phi) is 3.82. The van der Waals surface area contributed by atoms with E-state index >= 15 is 0 Å². The largest absolute Gasteiger partial charge is 0.462 e. The zero-order chi connectivity index (χ0) is 13.1. The fraction of sp³-hybridized carbons (Fsp3) is 0.571. The minimum Gasteiger partial charge on any atom is -0.462 e. The van der Waals surface area contributed by atoms with Crippen LogP contribution in [-0.4, -0.2) is 16.2 Å². The van der Waals surface area contributed by atoms with Gasteiger partial charge >= 0.3 is 0 Å². The van der Waals surface area contributed by atoms with Crippen LogP contribution < -0.4 is 5.32 Å². The Labute approximate surface area is 117 Å². The van der Waals surface area contributed by atoms with Crippen molar-refractivity contribution in [1.29, 1.82) is 0 Å². The highest BCUT2D eigenvalue weighted by atomic mass is 32.1. The molecule has 1 saturated carbocycles. The van der Waals surface area contributed by atoms with Crippen LogP contribution in [0.4, 0.5) is 5.13 Å². The van der Waals surface area contributed by atoms with Gasteiger partial charge in [0.25, 0.3) is 0 Å². The van der Waals surface area contributed by atoms with Crippen LogP contribution in [0.5, 0.6) is 0 Å². The summed E-state index contributed by atoms with van der Waals surface area (Å²) in [5.41, 5.74) is 0. The van der Waals surface area contributed by atoms with Gasteiger partial charge in [0.2, 0.25) is 5.13 Å². The number of furan rings is 1. The number of hydrogen-bond donors (Lipinski definition) is 1. The van der Waals surface area contributed by atoms with Crippen LogP contribution in [0.1, 0.15) is 39.0 Å². The van der Waals surface area contributed by atoms with Crippen LogP contribution >= 0.6 is 11.3 Å². The molecule has 2 heterocycles. The summed E-state index contributed by atoms with van der Waals surface area (Å²) in [6.07, 6.45) is 8.45. The first-order valence-corrected chi connectivity index (χ1v) is 7.78. The molecular formula is C14H19N3OS. The zero-order valence-electron chi connectivity index (χ0n) is 11.1.